The summed E-state index contributed by atoms with van der Waals surface area (Å²) in [6.45, 7) is 0. The molecule has 0 aliphatic rings. The van der Waals surface area contributed by atoms with Crippen molar-refractivity contribution >= 4 is 65.3 Å². The first-order valence-electron chi connectivity index (χ1n) is 17.4. The highest BCUT2D eigenvalue weighted by molar-refractivity contribution is 6.14. The van der Waals surface area contributed by atoms with Gasteiger partial charge in [0.1, 0.15) is 11.2 Å². The second-order valence-corrected chi connectivity index (χ2v) is 13.3. The Morgan fingerprint density at radius 2 is 1.06 bits per heavy atom. The van der Waals surface area contributed by atoms with Gasteiger partial charge < -0.3 is 8.98 Å². The van der Waals surface area contributed by atoms with E-state index >= 15 is 0 Å². The Bertz CT molecular complexity index is 3190. The Hall–Kier alpha value is -7.11. The van der Waals surface area contributed by atoms with Crippen molar-refractivity contribution in [3.63, 3.8) is 0 Å². The molecule has 11 aromatic rings. The molecule has 0 saturated heterocycles. The van der Waals surface area contributed by atoms with E-state index in [1.807, 2.05) is 36.4 Å². The Kier molecular flexibility index (Phi) is 6.18. The van der Waals surface area contributed by atoms with Gasteiger partial charge in [-0.1, -0.05) is 121 Å². The van der Waals surface area contributed by atoms with Crippen molar-refractivity contribution in [3.05, 3.63) is 170 Å². The van der Waals surface area contributed by atoms with Gasteiger partial charge in [-0.05, 0) is 64.0 Å². The molecular weight excluding hydrogens is 637 g/mol. The lowest BCUT2D eigenvalue weighted by Gasteiger charge is -2.09. The van der Waals surface area contributed by atoms with Gasteiger partial charge >= 0.3 is 0 Å². The number of aromatic nitrogens is 4. The third kappa shape index (κ3) is 4.46. The molecule has 0 unspecified atom stereocenters. The zero-order valence-corrected chi connectivity index (χ0v) is 27.9. The van der Waals surface area contributed by atoms with E-state index in [4.69, 9.17) is 19.4 Å². The maximum Gasteiger partial charge on any atom is 0.167 e. The molecule has 0 fully saturated rings. The molecule has 3 heterocycles. The first-order valence-corrected chi connectivity index (χ1v) is 17.4. The molecule has 0 aliphatic heterocycles. The molecular formula is C47H28N4O. The Balaban J connectivity index is 1.11. The lowest BCUT2D eigenvalue weighted by molar-refractivity contribution is 0.669. The molecule has 0 amide bonds. The third-order valence-electron chi connectivity index (χ3n) is 10.2. The van der Waals surface area contributed by atoms with Crippen LogP contribution in [0.4, 0.5) is 0 Å². The predicted octanol–water partition coefficient (Wildman–Crippen LogP) is 12.2. The van der Waals surface area contributed by atoms with E-state index < -0.39 is 0 Å². The van der Waals surface area contributed by atoms with Crippen LogP contribution in [0.2, 0.25) is 0 Å². The molecule has 0 saturated carbocycles. The topological polar surface area (TPSA) is 56.7 Å². The number of rotatable bonds is 4. The summed E-state index contributed by atoms with van der Waals surface area (Å²) in [6, 6.07) is 59.3. The van der Waals surface area contributed by atoms with Crippen molar-refractivity contribution in [1.29, 1.82) is 0 Å². The van der Waals surface area contributed by atoms with Crippen LogP contribution >= 0.6 is 0 Å². The van der Waals surface area contributed by atoms with Crippen LogP contribution in [-0.2, 0) is 0 Å². The van der Waals surface area contributed by atoms with Gasteiger partial charge in [0.05, 0.1) is 16.6 Å². The second-order valence-electron chi connectivity index (χ2n) is 13.3. The Morgan fingerprint density at radius 1 is 0.385 bits per heavy atom. The number of nitrogens with zero attached hydrogens (tertiary/aromatic N) is 4. The molecule has 3 aromatic heterocycles. The van der Waals surface area contributed by atoms with Gasteiger partial charge in [0, 0.05) is 44.4 Å². The van der Waals surface area contributed by atoms with Crippen LogP contribution < -0.4 is 0 Å². The van der Waals surface area contributed by atoms with E-state index in [0.717, 1.165) is 60.7 Å². The van der Waals surface area contributed by atoms with Crippen LogP contribution in [0.3, 0.4) is 0 Å². The molecule has 242 valence electrons. The van der Waals surface area contributed by atoms with E-state index in [1.165, 1.54) is 26.9 Å². The highest BCUT2D eigenvalue weighted by Gasteiger charge is 2.19. The molecule has 52 heavy (non-hydrogen) atoms. The van der Waals surface area contributed by atoms with E-state index in [2.05, 4.69) is 138 Å². The summed E-state index contributed by atoms with van der Waals surface area (Å²) in [4.78, 5) is 15.1. The van der Waals surface area contributed by atoms with Crippen molar-refractivity contribution in [2.24, 2.45) is 0 Å². The molecule has 11 rings (SSSR count). The molecule has 5 heteroatoms. The fraction of sp³-hybridized carbons (Fsp3) is 0. The molecule has 0 aliphatic carbocycles. The maximum atomic E-state index is 6.81. The maximum absolute atomic E-state index is 6.81. The van der Waals surface area contributed by atoms with Crippen LogP contribution in [0.15, 0.2) is 174 Å². The molecule has 5 nitrogen and oxygen atoms in total. The fourth-order valence-corrected chi connectivity index (χ4v) is 7.71. The van der Waals surface area contributed by atoms with Gasteiger partial charge in [-0.3, -0.25) is 0 Å². The monoisotopic (exact) mass is 664 g/mol. The smallest absolute Gasteiger partial charge is 0.167 e. The van der Waals surface area contributed by atoms with Crippen LogP contribution in [-0.4, -0.2) is 19.5 Å². The van der Waals surface area contributed by atoms with Crippen molar-refractivity contribution in [2.45, 2.75) is 0 Å². The Labute approximate surface area is 298 Å². The number of hydrogen-bond acceptors (Lipinski definition) is 4. The highest BCUT2D eigenvalue weighted by atomic mass is 16.3. The molecule has 0 radical (unpaired) electrons. The molecule has 0 spiro atoms. The first-order chi connectivity index (χ1) is 25.7. The van der Waals surface area contributed by atoms with Gasteiger partial charge in [-0.25, -0.2) is 15.0 Å². The summed E-state index contributed by atoms with van der Waals surface area (Å²) in [5.41, 5.74) is 7.59. The van der Waals surface area contributed by atoms with Gasteiger partial charge in [0.25, 0.3) is 0 Å². The van der Waals surface area contributed by atoms with Crippen LogP contribution in [0.1, 0.15) is 0 Å². The zero-order valence-electron chi connectivity index (χ0n) is 27.9. The zero-order chi connectivity index (χ0) is 34.2. The largest absolute Gasteiger partial charge is 0.455 e. The summed E-state index contributed by atoms with van der Waals surface area (Å²) >= 11 is 0. The number of fused-ring (bicyclic) bond motifs is 8. The van der Waals surface area contributed by atoms with Crippen LogP contribution in [0.25, 0.3) is 105 Å². The Morgan fingerprint density at radius 3 is 1.90 bits per heavy atom. The third-order valence-corrected chi connectivity index (χ3v) is 10.2. The van der Waals surface area contributed by atoms with Gasteiger partial charge in [0.2, 0.25) is 0 Å². The highest BCUT2D eigenvalue weighted by Crippen LogP contribution is 2.39. The van der Waals surface area contributed by atoms with E-state index in [-0.39, 0.29) is 0 Å². The average molecular weight is 665 g/mol. The number of benzene rings is 8. The molecule has 8 aromatic carbocycles. The van der Waals surface area contributed by atoms with Crippen molar-refractivity contribution < 1.29 is 4.42 Å². The van der Waals surface area contributed by atoms with Gasteiger partial charge in [-0.2, -0.15) is 0 Å². The van der Waals surface area contributed by atoms with Crippen molar-refractivity contribution in [1.82, 2.24) is 19.5 Å². The summed E-state index contributed by atoms with van der Waals surface area (Å²) in [6.07, 6.45) is 0. The molecule has 0 bridgehead atoms. The van der Waals surface area contributed by atoms with E-state index in [9.17, 15) is 0 Å². The number of hydrogen-bond donors (Lipinski definition) is 0. The first kappa shape index (κ1) is 28.7. The molecule has 0 atom stereocenters. The standard InChI is InChI=1S/C47H28N4O/c1-2-12-30(13-3-1)45-48-46(34-22-21-29-11-4-5-14-31(29)25-34)50-47(49-45)39-19-10-18-38-37-24-23-35(28-43(37)52-44(38)39)51-41-20-9-8-17-36(41)40-26-32-15-6-7-16-33(32)27-42(40)51/h1-28H. The van der Waals surface area contributed by atoms with Crippen LogP contribution in [0, 0.1) is 0 Å². The fourth-order valence-electron chi connectivity index (χ4n) is 7.71. The van der Waals surface area contributed by atoms with Crippen molar-refractivity contribution in [3.8, 4) is 39.9 Å². The number of para-hydroxylation sites is 2. The quantitative estimate of drug-likeness (QED) is 0.188. The van der Waals surface area contributed by atoms with E-state index in [0.29, 0.717) is 17.5 Å². The lowest BCUT2D eigenvalue weighted by atomic mass is 10.1. The lowest BCUT2D eigenvalue weighted by Crippen LogP contribution is -2.00. The van der Waals surface area contributed by atoms with Crippen molar-refractivity contribution in [2.75, 3.05) is 0 Å². The summed E-state index contributed by atoms with van der Waals surface area (Å²) in [7, 11) is 0. The SMILES string of the molecule is c1ccc(-c2nc(-c3ccc4ccccc4c3)nc(-c3cccc4c3oc3cc(-n5c6ccccc6c6cc7ccccc7cc65)ccc34)n2)cc1. The minimum Gasteiger partial charge on any atom is -0.455 e. The molecule has 0 N–H and O–H groups in total. The summed E-state index contributed by atoms with van der Waals surface area (Å²) < 4.78 is 9.15. The minimum absolute atomic E-state index is 0.566. The van der Waals surface area contributed by atoms with Gasteiger partial charge in [0.15, 0.2) is 17.5 Å². The normalized spacial score (nSPS) is 11.8. The van der Waals surface area contributed by atoms with Crippen LogP contribution in [0.5, 0.6) is 0 Å². The summed E-state index contributed by atoms with van der Waals surface area (Å²) in [5.74, 6) is 1.79. The number of furan rings is 1. The average Bonchev–Trinajstić information content (AvgIpc) is 3.74. The summed E-state index contributed by atoms with van der Waals surface area (Å²) in [5, 5.41) is 9.26. The second kappa shape index (κ2) is 11.2. The minimum atomic E-state index is 0.566. The van der Waals surface area contributed by atoms with Gasteiger partial charge in [-0.15, -0.1) is 0 Å². The van der Waals surface area contributed by atoms with E-state index in [1.54, 1.807) is 0 Å². The predicted molar refractivity (Wildman–Crippen MR) is 213 cm³/mol.